The summed E-state index contributed by atoms with van der Waals surface area (Å²) in [5.41, 5.74) is 2.66. The van der Waals surface area contributed by atoms with E-state index in [0.717, 1.165) is 22.4 Å². The van der Waals surface area contributed by atoms with E-state index in [-0.39, 0.29) is 6.61 Å². The van der Waals surface area contributed by atoms with Gasteiger partial charge in [0.15, 0.2) is 18.1 Å². The number of nitrogens with zero attached hydrogens (tertiary/aromatic N) is 3. The molecule has 3 aromatic carbocycles. The van der Waals surface area contributed by atoms with Crippen LogP contribution in [0.3, 0.4) is 0 Å². The van der Waals surface area contributed by atoms with Crippen LogP contribution in [0.1, 0.15) is 17.0 Å². The van der Waals surface area contributed by atoms with Gasteiger partial charge in [-0.3, -0.25) is 0 Å². The number of benzene rings is 3. The molecule has 8 nitrogen and oxygen atoms in total. The molecule has 168 valence electrons. The first-order valence-electron chi connectivity index (χ1n) is 10.2. The molecule has 0 saturated heterocycles. The summed E-state index contributed by atoms with van der Waals surface area (Å²) in [6.07, 6.45) is 1.57. The topological polar surface area (TPSA) is 88.2 Å². The summed E-state index contributed by atoms with van der Waals surface area (Å²) in [7, 11) is 3.21. The van der Waals surface area contributed by atoms with Crippen LogP contribution >= 0.6 is 0 Å². The molecule has 0 amide bonds. The van der Waals surface area contributed by atoms with E-state index in [9.17, 15) is 0 Å². The second-order valence-electron chi connectivity index (χ2n) is 6.92. The highest BCUT2D eigenvalue weighted by atomic mass is 16.6. The van der Waals surface area contributed by atoms with Crippen molar-refractivity contribution in [3.63, 3.8) is 0 Å². The van der Waals surface area contributed by atoms with Crippen LogP contribution in [-0.2, 0) is 18.1 Å². The van der Waals surface area contributed by atoms with Gasteiger partial charge in [0.25, 0.3) is 5.89 Å². The van der Waals surface area contributed by atoms with E-state index in [1.54, 1.807) is 20.4 Å². The number of aromatic nitrogens is 2. The molecule has 0 aliphatic carbocycles. The van der Waals surface area contributed by atoms with Gasteiger partial charge in [-0.25, -0.2) is 0 Å². The normalized spacial score (nSPS) is 10.8. The molecule has 0 unspecified atom stereocenters. The third-order valence-electron chi connectivity index (χ3n) is 4.69. The Kier molecular flexibility index (Phi) is 7.17. The monoisotopic (exact) mass is 445 g/mol. The molecular weight excluding hydrogens is 422 g/mol. The van der Waals surface area contributed by atoms with E-state index in [1.165, 1.54) is 0 Å². The van der Waals surface area contributed by atoms with Crippen LogP contribution in [0.25, 0.3) is 11.5 Å². The summed E-state index contributed by atoms with van der Waals surface area (Å²) >= 11 is 0. The Morgan fingerprint density at radius 2 is 1.67 bits per heavy atom. The minimum absolute atomic E-state index is 0.0507. The Labute approximate surface area is 191 Å². The van der Waals surface area contributed by atoms with Crippen LogP contribution in [-0.4, -0.2) is 30.6 Å². The zero-order chi connectivity index (χ0) is 22.9. The first kappa shape index (κ1) is 21.9. The van der Waals surface area contributed by atoms with Crippen molar-refractivity contribution < 1.29 is 23.5 Å². The van der Waals surface area contributed by atoms with Gasteiger partial charge in [0.2, 0.25) is 5.89 Å². The second kappa shape index (κ2) is 10.8. The number of hydrogen-bond acceptors (Lipinski definition) is 8. The Morgan fingerprint density at radius 1 is 0.848 bits per heavy atom. The first-order chi connectivity index (χ1) is 16.2. The predicted octanol–water partition coefficient (Wildman–Crippen LogP) is 4.88. The third kappa shape index (κ3) is 5.88. The molecule has 8 heteroatoms. The highest BCUT2D eigenvalue weighted by Gasteiger charge is 2.09. The molecule has 0 fully saturated rings. The maximum atomic E-state index is 5.87. The molecule has 4 rings (SSSR count). The van der Waals surface area contributed by atoms with E-state index in [0.29, 0.717) is 29.9 Å². The lowest BCUT2D eigenvalue weighted by Crippen LogP contribution is -1.98. The van der Waals surface area contributed by atoms with E-state index < -0.39 is 0 Å². The summed E-state index contributed by atoms with van der Waals surface area (Å²) in [5, 5.41) is 12.0. The van der Waals surface area contributed by atoms with Crippen LogP contribution in [0.2, 0.25) is 0 Å². The van der Waals surface area contributed by atoms with Crippen molar-refractivity contribution in [1.82, 2.24) is 10.2 Å². The van der Waals surface area contributed by atoms with E-state index in [4.69, 9.17) is 23.5 Å². The molecule has 1 heterocycles. The molecular formula is C25H23N3O5. The molecule has 0 spiro atoms. The number of oxime groups is 1. The van der Waals surface area contributed by atoms with Gasteiger partial charge in [-0.2, -0.15) is 0 Å². The van der Waals surface area contributed by atoms with Crippen molar-refractivity contribution in [2.45, 2.75) is 13.2 Å². The molecule has 0 N–H and O–H groups in total. The highest BCUT2D eigenvalue weighted by molar-refractivity contribution is 5.80. The Balaban J connectivity index is 1.31. The lowest BCUT2D eigenvalue weighted by atomic mass is 10.2. The fourth-order valence-electron chi connectivity index (χ4n) is 2.97. The van der Waals surface area contributed by atoms with Crippen LogP contribution in [0.4, 0.5) is 0 Å². The zero-order valence-electron chi connectivity index (χ0n) is 18.3. The van der Waals surface area contributed by atoms with Crippen molar-refractivity contribution in [3.05, 3.63) is 89.8 Å². The van der Waals surface area contributed by atoms with Crippen molar-refractivity contribution in [1.29, 1.82) is 0 Å². The summed E-state index contributed by atoms with van der Waals surface area (Å²) in [5.74, 6) is 2.73. The van der Waals surface area contributed by atoms with Crippen molar-refractivity contribution in [3.8, 4) is 28.7 Å². The summed E-state index contributed by atoms with van der Waals surface area (Å²) in [4.78, 5) is 5.30. The summed E-state index contributed by atoms with van der Waals surface area (Å²) in [6.45, 7) is 0.505. The molecule has 0 aliphatic rings. The zero-order valence-corrected chi connectivity index (χ0v) is 18.3. The molecule has 4 aromatic rings. The van der Waals surface area contributed by atoms with E-state index in [2.05, 4.69) is 15.4 Å². The number of hydrogen-bond donors (Lipinski definition) is 0. The van der Waals surface area contributed by atoms with Gasteiger partial charge in [0.05, 0.1) is 20.4 Å². The van der Waals surface area contributed by atoms with Gasteiger partial charge >= 0.3 is 0 Å². The van der Waals surface area contributed by atoms with Crippen LogP contribution in [0, 0.1) is 0 Å². The van der Waals surface area contributed by atoms with Crippen molar-refractivity contribution in [2.24, 2.45) is 5.16 Å². The minimum Gasteiger partial charge on any atom is -0.497 e. The molecule has 0 bridgehead atoms. The number of methoxy groups -OCH3 is 2. The Bertz CT molecular complexity index is 1190. The fraction of sp³-hybridized carbons (Fsp3) is 0.160. The van der Waals surface area contributed by atoms with Gasteiger partial charge in [-0.1, -0.05) is 35.5 Å². The molecule has 0 radical (unpaired) electrons. The molecule has 0 aliphatic heterocycles. The van der Waals surface area contributed by atoms with E-state index in [1.807, 2.05) is 72.8 Å². The van der Waals surface area contributed by atoms with E-state index >= 15 is 0 Å². The highest BCUT2D eigenvalue weighted by Crippen LogP contribution is 2.28. The Morgan fingerprint density at radius 3 is 2.42 bits per heavy atom. The SMILES string of the molecule is COc1ccc(-c2nnc(CO/N=C/c3ccc(OCc4ccccc4)c(OC)c3)o2)cc1. The lowest BCUT2D eigenvalue weighted by molar-refractivity contribution is 0.112. The smallest absolute Gasteiger partial charge is 0.257 e. The maximum absolute atomic E-state index is 5.87. The van der Waals surface area contributed by atoms with Gasteiger partial charge in [-0.15, -0.1) is 10.2 Å². The van der Waals surface area contributed by atoms with Crippen molar-refractivity contribution in [2.75, 3.05) is 14.2 Å². The van der Waals surface area contributed by atoms with Gasteiger partial charge in [-0.05, 0) is 48.0 Å². The van der Waals surface area contributed by atoms with Crippen LogP contribution in [0.5, 0.6) is 17.2 Å². The quantitative estimate of drug-likeness (QED) is 0.254. The third-order valence-corrected chi connectivity index (χ3v) is 4.69. The fourth-order valence-corrected chi connectivity index (χ4v) is 2.97. The molecule has 0 atom stereocenters. The van der Waals surface area contributed by atoms with Crippen LogP contribution in [0.15, 0.2) is 82.4 Å². The molecule has 33 heavy (non-hydrogen) atoms. The predicted molar refractivity (Wildman–Crippen MR) is 122 cm³/mol. The average molecular weight is 445 g/mol. The van der Waals surface area contributed by atoms with Gasteiger partial charge in [0.1, 0.15) is 12.4 Å². The van der Waals surface area contributed by atoms with Crippen LogP contribution < -0.4 is 14.2 Å². The van der Waals surface area contributed by atoms with Gasteiger partial charge in [0, 0.05) is 11.1 Å². The average Bonchev–Trinajstić information content (AvgIpc) is 3.35. The largest absolute Gasteiger partial charge is 0.497 e. The second-order valence-corrected chi connectivity index (χ2v) is 6.92. The standard InChI is InChI=1S/C25H23N3O5/c1-29-21-11-9-20(10-12-21)25-28-27-24(33-25)17-32-26-15-19-8-13-22(23(14-19)30-2)31-16-18-6-4-3-5-7-18/h3-15H,16-17H2,1-2H3/b26-15+. The molecule has 1 aromatic heterocycles. The van der Waals surface area contributed by atoms with Gasteiger partial charge < -0.3 is 23.5 Å². The maximum Gasteiger partial charge on any atom is 0.257 e. The summed E-state index contributed by atoms with van der Waals surface area (Å²) in [6, 6.07) is 22.8. The van der Waals surface area contributed by atoms with Crippen molar-refractivity contribution >= 4 is 6.21 Å². The number of ether oxygens (including phenoxy) is 3. The summed E-state index contributed by atoms with van der Waals surface area (Å²) < 4.78 is 22.1. The minimum atomic E-state index is 0.0507. The first-order valence-corrected chi connectivity index (χ1v) is 10.2. The lowest BCUT2D eigenvalue weighted by Gasteiger charge is -2.11. The number of rotatable bonds is 10. The Hall–Kier alpha value is -4.33. The molecule has 0 saturated carbocycles.